The van der Waals surface area contributed by atoms with E-state index in [0.29, 0.717) is 12.0 Å². The van der Waals surface area contributed by atoms with Crippen LogP contribution in [0, 0.1) is 17.3 Å². The number of rotatable bonds is 0. The number of carbonyl (C=O) groups is 1. The Bertz CT molecular complexity index is 451. The largest absolute Gasteiger partial charge is 0.458 e. The number of aliphatic hydroxyl groups excluding tert-OH is 1. The molecule has 18 heavy (non-hydrogen) atoms. The van der Waals surface area contributed by atoms with Crippen LogP contribution in [0.2, 0.25) is 0 Å². The van der Waals surface area contributed by atoms with Crippen molar-refractivity contribution in [1.82, 2.24) is 0 Å². The fourth-order valence-corrected chi connectivity index (χ4v) is 4.11. The summed E-state index contributed by atoms with van der Waals surface area (Å²) in [5, 5.41) is 10.3. The molecule has 3 nitrogen and oxygen atoms in total. The molecule has 3 aliphatic rings. The normalized spacial score (nSPS) is 47.2. The molecule has 2 fully saturated rings. The fraction of sp³-hybridized carbons (Fsp3) is 0.667. The molecule has 1 heterocycles. The highest BCUT2D eigenvalue weighted by atomic mass is 16.6. The zero-order valence-electron chi connectivity index (χ0n) is 11.0. The van der Waals surface area contributed by atoms with E-state index in [0.717, 1.165) is 12.8 Å². The van der Waals surface area contributed by atoms with Crippen LogP contribution in [-0.2, 0) is 9.53 Å². The van der Waals surface area contributed by atoms with Crippen molar-refractivity contribution in [3.63, 3.8) is 0 Å². The third-order valence-electron chi connectivity index (χ3n) is 5.30. The molecule has 0 spiro atoms. The number of carbonyl (C=O) groups excluding carboxylic acids is 1. The molecule has 5 atom stereocenters. The highest BCUT2D eigenvalue weighted by Crippen LogP contribution is 2.56. The van der Waals surface area contributed by atoms with E-state index in [1.807, 2.05) is 0 Å². The molecule has 3 rings (SSSR count). The van der Waals surface area contributed by atoms with Gasteiger partial charge in [0.2, 0.25) is 0 Å². The van der Waals surface area contributed by atoms with Gasteiger partial charge in [0.1, 0.15) is 6.10 Å². The lowest BCUT2D eigenvalue weighted by atomic mass is 9.55. The third kappa shape index (κ3) is 1.37. The van der Waals surface area contributed by atoms with Crippen LogP contribution < -0.4 is 0 Å². The molecule has 3 heteroatoms. The number of aliphatic hydroxyl groups is 1. The van der Waals surface area contributed by atoms with Crippen molar-refractivity contribution in [2.45, 2.75) is 45.3 Å². The predicted octanol–water partition coefficient (Wildman–Crippen LogP) is 2.21. The standard InChI is InChI=1S/C15H20O3/c1-8-4-5-11(16)15(3)7-6-10-9(2)14(17)18-13(10)12(8)15/h4,10-13,16H,2,5-7H2,1,3H3/t10-,11+,12-,13-,15-/m1/s1. The second-order valence-electron chi connectivity index (χ2n) is 6.22. The van der Waals surface area contributed by atoms with Gasteiger partial charge in [0.05, 0.1) is 6.10 Å². The second-order valence-corrected chi connectivity index (χ2v) is 6.22. The van der Waals surface area contributed by atoms with Crippen LogP contribution in [0.5, 0.6) is 0 Å². The highest BCUT2D eigenvalue weighted by molar-refractivity contribution is 5.91. The van der Waals surface area contributed by atoms with Gasteiger partial charge in [-0.15, -0.1) is 0 Å². The van der Waals surface area contributed by atoms with Gasteiger partial charge in [-0.1, -0.05) is 25.2 Å². The molecule has 98 valence electrons. The van der Waals surface area contributed by atoms with E-state index < -0.39 is 0 Å². The molecule has 0 aromatic heterocycles. The lowest BCUT2D eigenvalue weighted by Crippen LogP contribution is -2.52. The fourth-order valence-electron chi connectivity index (χ4n) is 4.11. The van der Waals surface area contributed by atoms with Crippen LogP contribution in [0.1, 0.15) is 33.1 Å². The summed E-state index contributed by atoms with van der Waals surface area (Å²) < 4.78 is 5.54. The van der Waals surface area contributed by atoms with E-state index in [9.17, 15) is 9.90 Å². The molecule has 1 saturated carbocycles. The number of hydrogen-bond acceptors (Lipinski definition) is 3. The average Bonchev–Trinajstić information content (AvgIpc) is 2.60. The molecule has 2 aliphatic carbocycles. The van der Waals surface area contributed by atoms with Crippen molar-refractivity contribution in [3.05, 3.63) is 23.8 Å². The Morgan fingerprint density at radius 2 is 2.28 bits per heavy atom. The minimum Gasteiger partial charge on any atom is -0.458 e. The Morgan fingerprint density at radius 1 is 1.56 bits per heavy atom. The Balaban J connectivity index is 2.03. The van der Waals surface area contributed by atoms with E-state index in [1.165, 1.54) is 5.57 Å². The van der Waals surface area contributed by atoms with Crippen molar-refractivity contribution in [2.75, 3.05) is 0 Å². The van der Waals surface area contributed by atoms with Gasteiger partial charge in [0, 0.05) is 22.8 Å². The van der Waals surface area contributed by atoms with Crippen molar-refractivity contribution >= 4 is 5.97 Å². The lowest BCUT2D eigenvalue weighted by molar-refractivity contribution is -0.149. The first kappa shape index (κ1) is 12.0. The van der Waals surface area contributed by atoms with E-state index in [4.69, 9.17) is 4.74 Å². The van der Waals surface area contributed by atoms with E-state index >= 15 is 0 Å². The average molecular weight is 248 g/mol. The molecular weight excluding hydrogens is 228 g/mol. The molecule has 0 bridgehead atoms. The number of fused-ring (bicyclic) bond motifs is 3. The number of ether oxygens (including phenoxy) is 1. The van der Waals surface area contributed by atoms with Gasteiger partial charge in [-0.3, -0.25) is 0 Å². The number of esters is 1. The Hall–Kier alpha value is -1.09. The van der Waals surface area contributed by atoms with E-state index in [2.05, 4.69) is 26.5 Å². The molecule has 0 radical (unpaired) electrons. The maximum Gasteiger partial charge on any atom is 0.334 e. The van der Waals surface area contributed by atoms with Gasteiger partial charge in [0.25, 0.3) is 0 Å². The van der Waals surface area contributed by atoms with Crippen LogP contribution in [0.15, 0.2) is 23.8 Å². The summed E-state index contributed by atoms with van der Waals surface area (Å²) in [4.78, 5) is 11.7. The van der Waals surface area contributed by atoms with Gasteiger partial charge in [0.15, 0.2) is 0 Å². The van der Waals surface area contributed by atoms with Crippen LogP contribution >= 0.6 is 0 Å². The monoisotopic (exact) mass is 248 g/mol. The number of hydrogen-bond donors (Lipinski definition) is 1. The first-order chi connectivity index (χ1) is 8.45. The van der Waals surface area contributed by atoms with Crippen LogP contribution in [0.4, 0.5) is 0 Å². The third-order valence-corrected chi connectivity index (χ3v) is 5.30. The Morgan fingerprint density at radius 3 is 3.00 bits per heavy atom. The summed E-state index contributed by atoms with van der Waals surface area (Å²) in [6, 6.07) is 0. The van der Waals surface area contributed by atoms with Crippen molar-refractivity contribution in [1.29, 1.82) is 0 Å². The summed E-state index contributed by atoms with van der Waals surface area (Å²) in [7, 11) is 0. The molecule has 0 aromatic carbocycles. The maximum absolute atomic E-state index is 11.7. The summed E-state index contributed by atoms with van der Waals surface area (Å²) in [5.74, 6) is 0.0366. The molecule has 0 unspecified atom stereocenters. The second kappa shape index (κ2) is 3.70. The van der Waals surface area contributed by atoms with Gasteiger partial charge >= 0.3 is 5.97 Å². The van der Waals surface area contributed by atoms with Gasteiger partial charge in [-0.2, -0.15) is 0 Å². The Kier molecular flexibility index (Phi) is 2.46. The zero-order valence-corrected chi connectivity index (χ0v) is 11.0. The summed E-state index contributed by atoms with van der Waals surface area (Å²) in [6.07, 6.45) is 4.18. The smallest absolute Gasteiger partial charge is 0.334 e. The van der Waals surface area contributed by atoms with Gasteiger partial charge in [-0.25, -0.2) is 4.79 Å². The lowest BCUT2D eigenvalue weighted by Gasteiger charge is -2.51. The molecule has 0 amide bonds. The summed E-state index contributed by atoms with van der Waals surface area (Å²) in [5.41, 5.74) is 1.71. The SMILES string of the molecule is C=C1C(=O)O[C@@H]2[C@@H]1CC[C@@]1(C)[C@@H]2C(C)=CC[C@@H]1O. The molecule has 0 aromatic rings. The van der Waals surface area contributed by atoms with Gasteiger partial charge < -0.3 is 9.84 Å². The topological polar surface area (TPSA) is 46.5 Å². The summed E-state index contributed by atoms with van der Waals surface area (Å²) in [6.45, 7) is 8.09. The first-order valence-electron chi connectivity index (χ1n) is 6.69. The summed E-state index contributed by atoms with van der Waals surface area (Å²) >= 11 is 0. The predicted molar refractivity (Wildman–Crippen MR) is 67.7 cm³/mol. The van der Waals surface area contributed by atoms with Crippen LogP contribution in [-0.4, -0.2) is 23.3 Å². The highest BCUT2D eigenvalue weighted by Gasteiger charge is 2.57. The van der Waals surface area contributed by atoms with Crippen molar-refractivity contribution < 1.29 is 14.6 Å². The van der Waals surface area contributed by atoms with Gasteiger partial charge in [-0.05, 0) is 26.2 Å². The van der Waals surface area contributed by atoms with Crippen molar-refractivity contribution in [3.8, 4) is 0 Å². The molecule has 1 N–H and O–H groups in total. The van der Waals surface area contributed by atoms with E-state index in [-0.39, 0.29) is 35.4 Å². The van der Waals surface area contributed by atoms with Crippen LogP contribution in [0.25, 0.3) is 0 Å². The zero-order chi connectivity index (χ0) is 13.1. The maximum atomic E-state index is 11.7. The molecule has 1 saturated heterocycles. The molecule has 1 aliphatic heterocycles. The quantitative estimate of drug-likeness (QED) is 0.406. The minimum absolute atomic E-state index is 0.116. The first-order valence-corrected chi connectivity index (χ1v) is 6.69. The van der Waals surface area contributed by atoms with Crippen LogP contribution in [0.3, 0.4) is 0 Å². The van der Waals surface area contributed by atoms with Crippen molar-refractivity contribution in [2.24, 2.45) is 17.3 Å². The molecular formula is C15H20O3. The Labute approximate surface area is 108 Å². The van der Waals surface area contributed by atoms with E-state index in [1.54, 1.807) is 0 Å². The minimum atomic E-state index is -0.334.